The molecular weight excluding hydrogens is 232 g/mol. The molecule has 2 aromatic rings. The van der Waals surface area contributed by atoms with Crippen LogP contribution in [0.5, 0.6) is 0 Å². The van der Waals surface area contributed by atoms with Gasteiger partial charge in [-0.1, -0.05) is 12.1 Å². The number of hydrogen-bond acceptors (Lipinski definition) is 4. The first-order chi connectivity index (χ1) is 8.61. The number of furan rings is 1. The Morgan fingerprint density at radius 2 is 2.17 bits per heavy atom. The van der Waals surface area contributed by atoms with E-state index in [1.807, 2.05) is 13.0 Å². The molecule has 0 unspecified atom stereocenters. The summed E-state index contributed by atoms with van der Waals surface area (Å²) < 4.78 is 5.07. The van der Waals surface area contributed by atoms with Crippen molar-refractivity contribution in [2.24, 2.45) is 0 Å². The van der Waals surface area contributed by atoms with Crippen LogP contribution in [0.15, 0.2) is 34.7 Å². The molecule has 0 spiro atoms. The molecule has 0 saturated carbocycles. The highest BCUT2D eigenvalue weighted by Crippen LogP contribution is 2.24. The van der Waals surface area contributed by atoms with Crippen LogP contribution < -0.4 is 5.32 Å². The van der Waals surface area contributed by atoms with Crippen molar-refractivity contribution in [1.29, 1.82) is 5.26 Å². The molecule has 0 amide bonds. The molecule has 5 heteroatoms. The van der Waals surface area contributed by atoms with Gasteiger partial charge in [-0.2, -0.15) is 5.26 Å². The molecule has 0 radical (unpaired) electrons. The number of hydrogen-bond donors (Lipinski definition) is 2. The molecule has 1 aromatic carbocycles. The highest BCUT2D eigenvalue weighted by Gasteiger charge is 2.11. The van der Waals surface area contributed by atoms with Gasteiger partial charge in [-0.3, -0.25) is 0 Å². The van der Waals surface area contributed by atoms with Gasteiger partial charge in [0.25, 0.3) is 0 Å². The second-order valence-corrected chi connectivity index (χ2v) is 3.70. The highest BCUT2D eigenvalue weighted by molar-refractivity contribution is 5.85. The Morgan fingerprint density at radius 1 is 1.39 bits per heavy atom. The minimum absolute atomic E-state index is 0.149. The molecule has 2 N–H and O–H groups in total. The number of nitrogens with zero attached hydrogens (tertiary/aromatic N) is 1. The number of carbonyl (C=O) groups is 1. The van der Waals surface area contributed by atoms with Crippen molar-refractivity contribution >= 4 is 17.5 Å². The molecule has 90 valence electrons. The predicted octanol–water partition coefficient (Wildman–Crippen LogP) is 2.90. The zero-order valence-electron chi connectivity index (χ0n) is 9.60. The summed E-state index contributed by atoms with van der Waals surface area (Å²) in [6.07, 6.45) is 0. The van der Waals surface area contributed by atoms with Gasteiger partial charge < -0.3 is 14.8 Å². The normalized spacial score (nSPS) is 9.78. The van der Waals surface area contributed by atoms with Crippen LogP contribution in [0.2, 0.25) is 0 Å². The Hall–Kier alpha value is -2.74. The predicted molar refractivity (Wildman–Crippen MR) is 64.8 cm³/mol. The van der Waals surface area contributed by atoms with Gasteiger partial charge in [-0.05, 0) is 24.6 Å². The van der Waals surface area contributed by atoms with Gasteiger partial charge in [0.2, 0.25) is 5.76 Å². The lowest BCUT2D eigenvalue weighted by atomic mass is 10.1. The smallest absolute Gasteiger partial charge is 0.371 e. The number of aryl methyl sites for hydroxylation is 1. The minimum Gasteiger partial charge on any atom is -0.475 e. The van der Waals surface area contributed by atoms with Gasteiger partial charge in [0.15, 0.2) is 5.88 Å². The fraction of sp³-hybridized carbons (Fsp3) is 0.0769. The summed E-state index contributed by atoms with van der Waals surface area (Å²) in [5, 5.41) is 20.7. The minimum atomic E-state index is -1.13. The van der Waals surface area contributed by atoms with Crippen molar-refractivity contribution in [3.63, 3.8) is 0 Å². The second kappa shape index (κ2) is 4.63. The summed E-state index contributed by atoms with van der Waals surface area (Å²) in [5.41, 5.74) is 1.93. The van der Waals surface area contributed by atoms with Gasteiger partial charge in [-0.15, -0.1) is 0 Å². The van der Waals surface area contributed by atoms with Crippen LogP contribution in [0, 0.1) is 18.3 Å². The Kier molecular flexibility index (Phi) is 3.02. The van der Waals surface area contributed by atoms with Gasteiger partial charge in [0.1, 0.15) is 6.07 Å². The SMILES string of the molecule is Cc1cccc(Nc2ccc(C(=O)O)o2)c1C#N. The van der Waals surface area contributed by atoms with Crippen molar-refractivity contribution in [3.8, 4) is 6.07 Å². The average molecular weight is 242 g/mol. The maximum atomic E-state index is 10.7. The maximum absolute atomic E-state index is 10.7. The monoisotopic (exact) mass is 242 g/mol. The molecule has 0 fully saturated rings. The number of carboxylic acid groups (broad SMARTS) is 1. The van der Waals surface area contributed by atoms with Gasteiger partial charge >= 0.3 is 5.97 Å². The highest BCUT2D eigenvalue weighted by atomic mass is 16.4. The second-order valence-electron chi connectivity index (χ2n) is 3.70. The zero-order chi connectivity index (χ0) is 13.1. The van der Waals surface area contributed by atoms with E-state index in [4.69, 9.17) is 14.8 Å². The molecule has 5 nitrogen and oxygen atoms in total. The molecule has 0 bridgehead atoms. The van der Waals surface area contributed by atoms with E-state index in [1.54, 1.807) is 12.1 Å². The van der Waals surface area contributed by atoms with E-state index in [0.29, 0.717) is 11.3 Å². The molecule has 0 atom stereocenters. The van der Waals surface area contributed by atoms with Gasteiger partial charge in [0, 0.05) is 6.07 Å². The van der Waals surface area contributed by atoms with E-state index in [-0.39, 0.29) is 11.6 Å². The number of carboxylic acids is 1. The summed E-state index contributed by atoms with van der Waals surface area (Å²) in [4.78, 5) is 10.7. The lowest BCUT2D eigenvalue weighted by molar-refractivity contribution is 0.0663. The fourth-order valence-electron chi connectivity index (χ4n) is 1.57. The number of anilines is 2. The first kappa shape index (κ1) is 11.7. The van der Waals surface area contributed by atoms with Crippen LogP contribution in [0.25, 0.3) is 0 Å². The molecule has 1 heterocycles. The topological polar surface area (TPSA) is 86.3 Å². The summed E-state index contributed by atoms with van der Waals surface area (Å²) in [7, 11) is 0. The van der Waals surface area contributed by atoms with E-state index in [1.165, 1.54) is 12.1 Å². The molecule has 0 aliphatic rings. The summed E-state index contributed by atoms with van der Waals surface area (Å²) >= 11 is 0. The summed E-state index contributed by atoms with van der Waals surface area (Å²) in [6, 6.07) is 10.3. The summed E-state index contributed by atoms with van der Waals surface area (Å²) in [5.74, 6) is -0.994. The Bertz CT molecular complexity index is 638. The summed E-state index contributed by atoms with van der Waals surface area (Å²) in [6.45, 7) is 1.83. The number of nitriles is 1. The Balaban J connectivity index is 2.31. The van der Waals surface area contributed by atoms with Crippen LogP contribution in [0.4, 0.5) is 11.6 Å². The molecule has 18 heavy (non-hydrogen) atoms. The number of aromatic carboxylic acids is 1. The molecule has 1 aromatic heterocycles. The largest absolute Gasteiger partial charge is 0.475 e. The van der Waals surface area contributed by atoms with E-state index in [9.17, 15) is 4.79 Å². The van der Waals surface area contributed by atoms with Gasteiger partial charge in [-0.25, -0.2) is 4.79 Å². The van der Waals surface area contributed by atoms with E-state index in [0.717, 1.165) is 5.56 Å². The number of benzene rings is 1. The van der Waals surface area contributed by atoms with E-state index < -0.39 is 5.97 Å². The van der Waals surface area contributed by atoms with Crippen molar-refractivity contribution < 1.29 is 14.3 Å². The van der Waals surface area contributed by atoms with E-state index in [2.05, 4.69) is 11.4 Å². The van der Waals surface area contributed by atoms with Crippen LogP contribution in [0.1, 0.15) is 21.7 Å². The standard InChI is InChI=1S/C13H10N2O3/c1-8-3-2-4-10(9(8)7-14)15-12-6-5-11(18-12)13(16)17/h2-6,15H,1H3,(H,16,17). The van der Waals surface area contributed by atoms with Crippen LogP contribution in [-0.2, 0) is 0 Å². The first-order valence-electron chi connectivity index (χ1n) is 5.21. The molecular formula is C13H10N2O3. The van der Waals surface area contributed by atoms with Crippen molar-refractivity contribution in [2.45, 2.75) is 6.92 Å². The first-order valence-corrected chi connectivity index (χ1v) is 5.21. The van der Waals surface area contributed by atoms with Crippen molar-refractivity contribution in [3.05, 3.63) is 47.2 Å². The molecule has 0 saturated heterocycles. The average Bonchev–Trinajstić information content (AvgIpc) is 2.78. The van der Waals surface area contributed by atoms with Crippen LogP contribution in [0.3, 0.4) is 0 Å². The third kappa shape index (κ3) is 2.18. The fourth-order valence-corrected chi connectivity index (χ4v) is 1.57. The zero-order valence-corrected chi connectivity index (χ0v) is 9.60. The van der Waals surface area contributed by atoms with Crippen molar-refractivity contribution in [1.82, 2.24) is 0 Å². The Morgan fingerprint density at radius 3 is 2.78 bits per heavy atom. The number of rotatable bonds is 3. The lowest BCUT2D eigenvalue weighted by Gasteiger charge is -2.06. The van der Waals surface area contributed by atoms with Gasteiger partial charge in [0.05, 0.1) is 11.3 Å². The Labute approximate surface area is 103 Å². The molecule has 0 aliphatic carbocycles. The third-order valence-corrected chi connectivity index (χ3v) is 2.46. The lowest BCUT2D eigenvalue weighted by Crippen LogP contribution is -1.95. The molecule has 0 aliphatic heterocycles. The quantitative estimate of drug-likeness (QED) is 0.864. The molecule has 2 rings (SSSR count). The number of nitrogens with one attached hydrogen (secondary N) is 1. The van der Waals surface area contributed by atoms with Crippen LogP contribution in [-0.4, -0.2) is 11.1 Å². The third-order valence-electron chi connectivity index (χ3n) is 2.46. The van der Waals surface area contributed by atoms with E-state index >= 15 is 0 Å². The van der Waals surface area contributed by atoms with Crippen LogP contribution >= 0.6 is 0 Å². The maximum Gasteiger partial charge on any atom is 0.371 e. The van der Waals surface area contributed by atoms with Crippen molar-refractivity contribution in [2.75, 3.05) is 5.32 Å².